The van der Waals surface area contributed by atoms with Gasteiger partial charge >= 0.3 is 5.97 Å². The number of nitrogens with one attached hydrogen (secondary N) is 1. The van der Waals surface area contributed by atoms with E-state index in [0.29, 0.717) is 37.9 Å². The number of hydrogen-bond donors (Lipinski definition) is 1. The molecule has 156 valence electrons. The van der Waals surface area contributed by atoms with Crippen molar-refractivity contribution in [2.75, 3.05) is 20.3 Å². The van der Waals surface area contributed by atoms with Gasteiger partial charge in [0.15, 0.2) is 0 Å². The number of amides is 1. The molecule has 1 amide bonds. The van der Waals surface area contributed by atoms with Crippen LogP contribution in [-0.4, -0.2) is 37.7 Å². The molecular weight excluding hydrogens is 366 g/mol. The average molecular weight is 398 g/mol. The van der Waals surface area contributed by atoms with E-state index in [-0.39, 0.29) is 17.4 Å². The standard InChI is InChI=1S/C24H31NO4/c1-28-21(27)22-12-17-11-18(13-22)15-23(14-17,16-22)25-20(26)24(7-9-29-10-8-24)19-5-3-2-4-6-19/h2-6,17-18H,7-16H2,1H3,(H,25,26)/t17-,18-,22?,23?/m1/s1. The zero-order chi connectivity index (χ0) is 20.1. The van der Waals surface area contributed by atoms with Crippen LogP contribution < -0.4 is 5.32 Å². The summed E-state index contributed by atoms with van der Waals surface area (Å²) in [4.78, 5) is 26.6. The number of methoxy groups -OCH3 is 1. The van der Waals surface area contributed by atoms with Gasteiger partial charge in [-0.05, 0) is 68.8 Å². The van der Waals surface area contributed by atoms with Crippen molar-refractivity contribution in [1.29, 1.82) is 0 Å². The lowest BCUT2D eigenvalue weighted by atomic mass is 9.46. The lowest BCUT2D eigenvalue weighted by Gasteiger charge is -2.61. The highest BCUT2D eigenvalue weighted by Gasteiger charge is 2.62. The van der Waals surface area contributed by atoms with E-state index in [4.69, 9.17) is 9.47 Å². The van der Waals surface area contributed by atoms with Gasteiger partial charge in [-0.1, -0.05) is 30.3 Å². The molecular formula is C24H31NO4. The molecule has 2 atom stereocenters. The topological polar surface area (TPSA) is 64.6 Å². The SMILES string of the molecule is COC(=O)C12C[C@H]3C[C@@H](CC(NC(=O)C4(c5ccccc5)CCOCC4)(C3)C1)C2. The normalized spacial score (nSPS) is 37.1. The van der Waals surface area contributed by atoms with E-state index in [1.807, 2.05) is 18.2 Å². The molecule has 0 spiro atoms. The minimum absolute atomic E-state index is 0.0749. The summed E-state index contributed by atoms with van der Waals surface area (Å²) in [5.41, 5.74) is -0.133. The number of benzene rings is 1. The molecule has 1 aromatic carbocycles. The molecule has 4 bridgehead atoms. The van der Waals surface area contributed by atoms with E-state index in [0.717, 1.165) is 37.7 Å². The van der Waals surface area contributed by atoms with Crippen molar-refractivity contribution in [1.82, 2.24) is 5.32 Å². The van der Waals surface area contributed by atoms with Crippen LogP contribution in [0, 0.1) is 17.3 Å². The first-order valence-corrected chi connectivity index (χ1v) is 11.0. The van der Waals surface area contributed by atoms with Crippen molar-refractivity contribution in [2.45, 2.75) is 62.3 Å². The second-order valence-corrected chi connectivity index (χ2v) is 10.0. The summed E-state index contributed by atoms with van der Waals surface area (Å²) in [5, 5.41) is 3.54. The van der Waals surface area contributed by atoms with Gasteiger partial charge < -0.3 is 14.8 Å². The molecule has 1 saturated heterocycles. The van der Waals surface area contributed by atoms with E-state index >= 15 is 0 Å². The number of ether oxygens (including phenoxy) is 2. The fourth-order valence-corrected chi connectivity index (χ4v) is 7.35. The van der Waals surface area contributed by atoms with Gasteiger partial charge in [0.25, 0.3) is 0 Å². The molecule has 0 unspecified atom stereocenters. The molecule has 6 rings (SSSR count). The third kappa shape index (κ3) is 3.00. The van der Waals surface area contributed by atoms with Crippen LogP contribution in [0.25, 0.3) is 0 Å². The molecule has 5 nitrogen and oxygen atoms in total. The Bertz CT molecular complexity index is 784. The van der Waals surface area contributed by atoms with Gasteiger partial charge in [0.1, 0.15) is 0 Å². The molecule has 29 heavy (non-hydrogen) atoms. The van der Waals surface area contributed by atoms with Crippen LogP contribution in [0.2, 0.25) is 0 Å². The molecule has 4 aliphatic carbocycles. The Hall–Kier alpha value is -1.88. The van der Waals surface area contributed by atoms with Crippen molar-refractivity contribution in [2.24, 2.45) is 17.3 Å². The Morgan fingerprint density at radius 2 is 1.69 bits per heavy atom. The Morgan fingerprint density at radius 1 is 1.03 bits per heavy atom. The third-order valence-electron chi connectivity index (χ3n) is 8.17. The zero-order valence-corrected chi connectivity index (χ0v) is 17.2. The Labute approximate surface area is 172 Å². The molecule has 5 aliphatic rings. The molecule has 4 saturated carbocycles. The summed E-state index contributed by atoms with van der Waals surface area (Å²) in [7, 11) is 1.50. The fourth-order valence-electron chi connectivity index (χ4n) is 7.35. The first kappa shape index (κ1) is 19.1. The lowest BCUT2D eigenvalue weighted by Crippen LogP contribution is -2.67. The lowest BCUT2D eigenvalue weighted by molar-refractivity contribution is -0.173. The second-order valence-electron chi connectivity index (χ2n) is 10.0. The van der Waals surface area contributed by atoms with E-state index in [1.54, 1.807) is 0 Å². The van der Waals surface area contributed by atoms with Crippen molar-refractivity contribution in [3.8, 4) is 0 Å². The van der Waals surface area contributed by atoms with Crippen molar-refractivity contribution in [3.05, 3.63) is 35.9 Å². The van der Waals surface area contributed by atoms with E-state index in [2.05, 4.69) is 17.4 Å². The van der Waals surface area contributed by atoms with Crippen LogP contribution in [0.15, 0.2) is 30.3 Å². The summed E-state index contributed by atoms with van der Waals surface area (Å²) < 4.78 is 10.8. The minimum Gasteiger partial charge on any atom is -0.469 e. The minimum atomic E-state index is -0.540. The number of hydrogen-bond acceptors (Lipinski definition) is 4. The van der Waals surface area contributed by atoms with Gasteiger partial charge in [-0.2, -0.15) is 0 Å². The van der Waals surface area contributed by atoms with Gasteiger partial charge in [0, 0.05) is 18.8 Å². The maximum absolute atomic E-state index is 13.9. The smallest absolute Gasteiger partial charge is 0.311 e. The maximum atomic E-state index is 13.9. The molecule has 0 radical (unpaired) electrons. The van der Waals surface area contributed by atoms with Crippen LogP contribution >= 0.6 is 0 Å². The van der Waals surface area contributed by atoms with Crippen LogP contribution in [0.4, 0.5) is 0 Å². The molecule has 1 aromatic rings. The van der Waals surface area contributed by atoms with Gasteiger partial charge in [-0.25, -0.2) is 0 Å². The van der Waals surface area contributed by atoms with E-state index < -0.39 is 10.8 Å². The number of esters is 1. The Balaban J connectivity index is 1.46. The fraction of sp³-hybridized carbons (Fsp3) is 0.667. The zero-order valence-electron chi connectivity index (χ0n) is 17.2. The average Bonchev–Trinajstić information content (AvgIpc) is 2.73. The van der Waals surface area contributed by atoms with Crippen LogP contribution in [0.3, 0.4) is 0 Å². The molecule has 5 fully saturated rings. The molecule has 0 aromatic heterocycles. The highest BCUT2D eigenvalue weighted by Crippen LogP contribution is 2.62. The molecule has 1 heterocycles. The Kier molecular flexibility index (Phi) is 4.50. The van der Waals surface area contributed by atoms with Crippen molar-refractivity contribution in [3.63, 3.8) is 0 Å². The van der Waals surface area contributed by atoms with Gasteiger partial charge in [-0.3, -0.25) is 9.59 Å². The molecule has 5 heteroatoms. The van der Waals surface area contributed by atoms with Gasteiger partial charge in [0.05, 0.1) is 17.9 Å². The van der Waals surface area contributed by atoms with Crippen molar-refractivity contribution >= 4 is 11.9 Å². The van der Waals surface area contributed by atoms with Crippen LogP contribution in [0.5, 0.6) is 0 Å². The predicted molar refractivity (Wildman–Crippen MR) is 108 cm³/mol. The highest BCUT2D eigenvalue weighted by molar-refractivity contribution is 5.89. The summed E-state index contributed by atoms with van der Waals surface area (Å²) in [6, 6.07) is 10.2. The summed E-state index contributed by atoms with van der Waals surface area (Å²) in [5.74, 6) is 1.07. The van der Waals surface area contributed by atoms with Gasteiger partial charge in [0.2, 0.25) is 5.91 Å². The first-order chi connectivity index (χ1) is 14.0. The van der Waals surface area contributed by atoms with E-state index in [1.165, 1.54) is 13.5 Å². The Morgan fingerprint density at radius 3 is 2.31 bits per heavy atom. The van der Waals surface area contributed by atoms with Crippen molar-refractivity contribution < 1.29 is 19.1 Å². The largest absolute Gasteiger partial charge is 0.469 e. The monoisotopic (exact) mass is 397 g/mol. The molecule has 1 N–H and O–H groups in total. The van der Waals surface area contributed by atoms with Crippen LogP contribution in [0.1, 0.15) is 56.9 Å². The summed E-state index contributed by atoms with van der Waals surface area (Å²) in [6.45, 7) is 1.21. The second kappa shape index (κ2) is 6.83. The maximum Gasteiger partial charge on any atom is 0.311 e. The predicted octanol–water partition coefficient (Wildman–Crippen LogP) is 3.36. The quantitative estimate of drug-likeness (QED) is 0.792. The van der Waals surface area contributed by atoms with E-state index in [9.17, 15) is 9.59 Å². The molecule has 1 aliphatic heterocycles. The number of carbonyl (C=O) groups excluding carboxylic acids is 2. The third-order valence-corrected chi connectivity index (χ3v) is 8.17. The first-order valence-electron chi connectivity index (χ1n) is 11.0. The number of rotatable bonds is 4. The van der Waals surface area contributed by atoms with Gasteiger partial charge in [-0.15, -0.1) is 0 Å². The summed E-state index contributed by atoms with van der Waals surface area (Å²) in [6.07, 6.45) is 7.16. The number of carbonyl (C=O) groups is 2. The van der Waals surface area contributed by atoms with Crippen LogP contribution in [-0.2, 0) is 24.5 Å². The highest BCUT2D eigenvalue weighted by atomic mass is 16.5. The summed E-state index contributed by atoms with van der Waals surface area (Å²) >= 11 is 0.